The van der Waals surface area contributed by atoms with Gasteiger partial charge in [0.2, 0.25) is 0 Å². The van der Waals surface area contributed by atoms with Crippen molar-refractivity contribution in [2.45, 2.75) is 39.2 Å². The zero-order valence-electron chi connectivity index (χ0n) is 18.7. The van der Waals surface area contributed by atoms with Crippen molar-refractivity contribution < 1.29 is 24.0 Å². The van der Waals surface area contributed by atoms with Gasteiger partial charge in [-0.2, -0.15) is 5.06 Å². The van der Waals surface area contributed by atoms with Gasteiger partial charge in [-0.15, -0.1) is 0 Å². The largest absolute Gasteiger partial charge is 0.444 e. The summed E-state index contributed by atoms with van der Waals surface area (Å²) >= 11 is 0. The molecule has 0 fully saturated rings. The molecule has 7 nitrogen and oxygen atoms in total. The number of carbonyl (C=O) groups excluding carboxylic acids is 3. The second-order valence-corrected chi connectivity index (χ2v) is 8.06. The lowest BCUT2D eigenvalue weighted by Crippen LogP contribution is -2.35. The number of unbranched alkanes of at least 4 members (excludes halogenated alkanes) is 1. The molecule has 0 heterocycles. The second kappa shape index (κ2) is 12.3. The summed E-state index contributed by atoms with van der Waals surface area (Å²) in [5.74, 6) is -1.06. The average Bonchev–Trinajstić information content (AvgIpc) is 2.76. The van der Waals surface area contributed by atoms with E-state index < -0.39 is 23.6 Å². The minimum atomic E-state index is -0.612. The van der Waals surface area contributed by atoms with Crippen LogP contribution in [0.3, 0.4) is 0 Å². The van der Waals surface area contributed by atoms with E-state index in [1.54, 1.807) is 57.2 Å². The number of ether oxygens (including phenoxy) is 1. The third-order valence-electron chi connectivity index (χ3n) is 4.12. The topological polar surface area (TPSA) is 84.9 Å². The highest BCUT2D eigenvalue weighted by atomic mass is 16.7. The van der Waals surface area contributed by atoms with Crippen LogP contribution < -0.4 is 5.32 Å². The highest BCUT2D eigenvalue weighted by molar-refractivity contribution is 5.94. The number of rotatable bonds is 8. The standard InChI is InChI=1S/C25H30N2O5/c1-25(2,3)31-24(30)26-18-10-11-19-27(32-23(29)21-14-8-5-9-15-21)22(28)17-16-20-12-6-4-7-13-20/h4-9,12-17H,10-11,18-19H2,1-3H3,(H,26,30)/b17-16+. The van der Waals surface area contributed by atoms with Crippen molar-refractivity contribution in [1.82, 2.24) is 10.4 Å². The lowest BCUT2D eigenvalue weighted by atomic mass is 10.2. The van der Waals surface area contributed by atoms with E-state index in [4.69, 9.17) is 9.57 Å². The Labute approximate surface area is 189 Å². The molecule has 0 saturated carbocycles. The van der Waals surface area contributed by atoms with Crippen molar-refractivity contribution in [3.63, 3.8) is 0 Å². The maximum Gasteiger partial charge on any atom is 0.407 e. The van der Waals surface area contributed by atoms with Gasteiger partial charge in [-0.25, -0.2) is 9.59 Å². The molecule has 2 aromatic carbocycles. The van der Waals surface area contributed by atoms with E-state index in [2.05, 4.69) is 5.32 Å². The highest BCUT2D eigenvalue weighted by Crippen LogP contribution is 2.09. The van der Waals surface area contributed by atoms with Crippen LogP contribution in [0.25, 0.3) is 6.08 Å². The Morgan fingerprint density at radius 2 is 1.56 bits per heavy atom. The number of hydrogen-bond donors (Lipinski definition) is 1. The molecule has 0 aliphatic rings. The monoisotopic (exact) mass is 438 g/mol. The van der Waals surface area contributed by atoms with Gasteiger partial charge in [0.1, 0.15) is 5.60 Å². The van der Waals surface area contributed by atoms with Crippen LogP contribution in [0, 0.1) is 0 Å². The smallest absolute Gasteiger partial charge is 0.407 e. The van der Waals surface area contributed by atoms with E-state index in [0.717, 1.165) is 10.6 Å². The van der Waals surface area contributed by atoms with Crippen molar-refractivity contribution in [3.8, 4) is 0 Å². The molecule has 0 radical (unpaired) electrons. The first kappa shape index (κ1) is 24.7. The van der Waals surface area contributed by atoms with Crippen LogP contribution in [0.5, 0.6) is 0 Å². The summed E-state index contributed by atoms with van der Waals surface area (Å²) < 4.78 is 5.19. The molecule has 0 bridgehead atoms. The van der Waals surface area contributed by atoms with Gasteiger partial charge in [-0.3, -0.25) is 4.79 Å². The van der Waals surface area contributed by atoms with Crippen LogP contribution >= 0.6 is 0 Å². The first-order valence-electron chi connectivity index (χ1n) is 10.5. The van der Waals surface area contributed by atoms with Gasteiger partial charge in [0.05, 0.1) is 12.1 Å². The van der Waals surface area contributed by atoms with Crippen LogP contribution in [0.2, 0.25) is 0 Å². The number of amides is 2. The van der Waals surface area contributed by atoms with Gasteiger partial charge >= 0.3 is 12.1 Å². The quantitative estimate of drug-likeness (QED) is 0.370. The minimum Gasteiger partial charge on any atom is -0.444 e. The molecule has 0 aliphatic heterocycles. The van der Waals surface area contributed by atoms with Gasteiger partial charge in [0, 0.05) is 12.6 Å². The summed E-state index contributed by atoms with van der Waals surface area (Å²) in [5.41, 5.74) is 0.644. The highest BCUT2D eigenvalue weighted by Gasteiger charge is 2.18. The fraction of sp³-hybridized carbons (Fsp3) is 0.320. The number of hydrogen-bond acceptors (Lipinski definition) is 5. The molecular formula is C25H30N2O5. The Bertz CT molecular complexity index is 905. The zero-order valence-corrected chi connectivity index (χ0v) is 18.7. The van der Waals surface area contributed by atoms with Crippen molar-refractivity contribution in [2.75, 3.05) is 13.1 Å². The lowest BCUT2D eigenvalue weighted by molar-refractivity contribution is -0.161. The number of nitrogens with one attached hydrogen (secondary N) is 1. The number of alkyl carbamates (subject to hydrolysis) is 1. The minimum absolute atomic E-state index is 0.187. The number of carbonyl (C=O) groups is 3. The van der Waals surface area contributed by atoms with Gasteiger partial charge in [-0.05, 0) is 57.4 Å². The summed E-state index contributed by atoms with van der Waals surface area (Å²) in [6, 6.07) is 17.8. The van der Waals surface area contributed by atoms with Crippen LogP contribution in [-0.4, -0.2) is 41.7 Å². The summed E-state index contributed by atoms with van der Waals surface area (Å²) in [4.78, 5) is 42.2. The summed E-state index contributed by atoms with van der Waals surface area (Å²) in [6.45, 7) is 5.94. The summed E-state index contributed by atoms with van der Waals surface area (Å²) in [5, 5.41) is 3.71. The van der Waals surface area contributed by atoms with Gasteiger partial charge in [0.15, 0.2) is 0 Å². The first-order chi connectivity index (χ1) is 15.2. The second-order valence-electron chi connectivity index (χ2n) is 8.06. The fourth-order valence-corrected chi connectivity index (χ4v) is 2.63. The lowest BCUT2D eigenvalue weighted by Gasteiger charge is -2.21. The molecule has 2 amide bonds. The van der Waals surface area contributed by atoms with E-state index in [1.807, 2.05) is 30.3 Å². The van der Waals surface area contributed by atoms with Gasteiger partial charge in [0.25, 0.3) is 5.91 Å². The average molecular weight is 439 g/mol. The van der Waals surface area contributed by atoms with Crippen LogP contribution in [0.4, 0.5) is 4.79 Å². The predicted octanol–water partition coefficient (Wildman–Crippen LogP) is 4.61. The van der Waals surface area contributed by atoms with E-state index >= 15 is 0 Å². The maximum absolute atomic E-state index is 12.7. The van der Waals surface area contributed by atoms with E-state index in [1.165, 1.54) is 6.08 Å². The van der Waals surface area contributed by atoms with Gasteiger partial charge in [-0.1, -0.05) is 48.5 Å². The van der Waals surface area contributed by atoms with Gasteiger partial charge < -0.3 is 14.9 Å². The van der Waals surface area contributed by atoms with Crippen molar-refractivity contribution in [3.05, 3.63) is 77.9 Å². The molecule has 1 N–H and O–H groups in total. The predicted molar refractivity (Wildman–Crippen MR) is 123 cm³/mol. The van der Waals surface area contributed by atoms with E-state index in [-0.39, 0.29) is 6.54 Å². The molecule has 0 saturated heterocycles. The fourth-order valence-electron chi connectivity index (χ4n) is 2.63. The van der Waals surface area contributed by atoms with E-state index in [9.17, 15) is 14.4 Å². The summed E-state index contributed by atoms with van der Waals surface area (Å²) in [6.07, 6.45) is 3.63. The molecule has 0 unspecified atom stereocenters. The molecule has 0 aliphatic carbocycles. The normalized spacial score (nSPS) is 11.1. The molecule has 170 valence electrons. The van der Waals surface area contributed by atoms with Crippen molar-refractivity contribution in [2.24, 2.45) is 0 Å². The molecule has 7 heteroatoms. The molecule has 0 spiro atoms. The van der Waals surface area contributed by atoms with Crippen molar-refractivity contribution >= 4 is 24.0 Å². The third kappa shape index (κ3) is 9.47. The number of nitrogens with zero attached hydrogens (tertiary/aromatic N) is 1. The molecule has 0 atom stereocenters. The summed E-state index contributed by atoms with van der Waals surface area (Å²) in [7, 11) is 0. The SMILES string of the molecule is CC(C)(C)OC(=O)NCCCCN(OC(=O)c1ccccc1)C(=O)/C=C/c1ccccc1. The van der Waals surface area contributed by atoms with Crippen LogP contribution in [0.15, 0.2) is 66.7 Å². The van der Waals surface area contributed by atoms with Crippen LogP contribution in [-0.2, 0) is 14.4 Å². The van der Waals surface area contributed by atoms with Crippen LogP contribution in [0.1, 0.15) is 49.5 Å². The zero-order chi connectivity index (χ0) is 23.4. The molecule has 0 aromatic heterocycles. The molecule has 2 rings (SSSR count). The Morgan fingerprint density at radius 3 is 2.19 bits per heavy atom. The maximum atomic E-state index is 12.7. The molecule has 2 aromatic rings. The van der Waals surface area contributed by atoms with E-state index in [0.29, 0.717) is 24.9 Å². The number of benzene rings is 2. The Hall–Kier alpha value is -3.61. The number of hydroxylamine groups is 2. The van der Waals surface area contributed by atoms with Crippen molar-refractivity contribution in [1.29, 1.82) is 0 Å². The molecular weight excluding hydrogens is 408 g/mol. The third-order valence-corrected chi connectivity index (χ3v) is 4.12. The molecule has 32 heavy (non-hydrogen) atoms. The Balaban J connectivity index is 1.92. The Kier molecular flexibility index (Phi) is 9.47. The Morgan fingerprint density at radius 1 is 0.938 bits per heavy atom. The first-order valence-corrected chi connectivity index (χ1v) is 10.5.